The van der Waals surface area contributed by atoms with Crippen LogP contribution in [0.5, 0.6) is 0 Å². The molecular weight excluding hydrogens is 255 g/mol. The maximum Gasteiger partial charge on any atom is 0.129 e. The molecule has 0 amide bonds. The van der Waals surface area contributed by atoms with Crippen molar-refractivity contribution in [2.45, 2.75) is 19.4 Å². The molecule has 0 saturated carbocycles. The van der Waals surface area contributed by atoms with Crippen molar-refractivity contribution < 1.29 is 14.2 Å². The highest BCUT2D eigenvalue weighted by molar-refractivity contribution is 5.34. The number of rotatable bonds is 5. The molecule has 0 aliphatic heterocycles. The highest BCUT2D eigenvalue weighted by Gasteiger charge is 2.14. The lowest BCUT2D eigenvalue weighted by atomic mass is 9.98. The zero-order valence-electron chi connectivity index (χ0n) is 11.8. The van der Waals surface area contributed by atoms with Crippen LogP contribution in [0.3, 0.4) is 0 Å². The first-order valence-corrected chi connectivity index (χ1v) is 6.63. The molecule has 1 unspecified atom stereocenters. The second kappa shape index (κ2) is 6.64. The quantitative estimate of drug-likeness (QED) is 0.905. The van der Waals surface area contributed by atoms with E-state index < -0.39 is 6.10 Å². The Labute approximate surface area is 118 Å². The molecule has 0 aliphatic carbocycles. The lowest BCUT2D eigenvalue weighted by Crippen LogP contribution is -2.03. The summed E-state index contributed by atoms with van der Waals surface area (Å²) in [6.07, 6.45) is -0.113. The summed E-state index contributed by atoms with van der Waals surface area (Å²) in [7, 11) is 1.66. The van der Waals surface area contributed by atoms with Gasteiger partial charge >= 0.3 is 0 Å². The fourth-order valence-corrected chi connectivity index (χ4v) is 2.12. The lowest BCUT2D eigenvalue weighted by Gasteiger charge is -2.13. The maximum atomic E-state index is 13.9. The second-order valence-corrected chi connectivity index (χ2v) is 4.91. The van der Waals surface area contributed by atoms with E-state index >= 15 is 0 Å². The topological polar surface area (TPSA) is 29.5 Å². The molecule has 106 valence electrons. The highest BCUT2D eigenvalue weighted by Crippen LogP contribution is 2.25. The first kappa shape index (κ1) is 14.7. The summed E-state index contributed by atoms with van der Waals surface area (Å²) in [5.41, 5.74) is 2.97. The van der Waals surface area contributed by atoms with Crippen molar-refractivity contribution in [1.29, 1.82) is 0 Å². The fraction of sp³-hybridized carbons (Fsp3) is 0.294. The van der Waals surface area contributed by atoms with E-state index in [1.807, 2.05) is 31.2 Å². The van der Waals surface area contributed by atoms with Crippen molar-refractivity contribution in [2.24, 2.45) is 0 Å². The molecule has 0 aromatic heterocycles. The summed E-state index contributed by atoms with van der Waals surface area (Å²) in [6.45, 7) is 2.48. The van der Waals surface area contributed by atoms with Gasteiger partial charge in [-0.2, -0.15) is 0 Å². The van der Waals surface area contributed by atoms with Crippen LogP contribution in [0.1, 0.15) is 28.4 Å². The van der Waals surface area contributed by atoms with Crippen LogP contribution in [0.25, 0.3) is 0 Å². The molecular formula is C17H19FO2. The molecule has 0 bridgehead atoms. The number of hydrogen-bond acceptors (Lipinski definition) is 2. The van der Waals surface area contributed by atoms with Crippen LogP contribution in [0.2, 0.25) is 0 Å². The normalized spacial score (nSPS) is 12.4. The molecule has 0 aliphatic rings. The Balaban J connectivity index is 2.18. The van der Waals surface area contributed by atoms with Crippen molar-refractivity contribution in [3.63, 3.8) is 0 Å². The third-order valence-corrected chi connectivity index (χ3v) is 3.34. The van der Waals surface area contributed by atoms with Gasteiger partial charge in [-0.25, -0.2) is 4.39 Å². The largest absolute Gasteiger partial charge is 0.384 e. The average molecular weight is 274 g/mol. The summed E-state index contributed by atoms with van der Waals surface area (Å²) in [5.74, 6) is -0.374. The first-order chi connectivity index (χ1) is 9.61. The van der Waals surface area contributed by atoms with Crippen molar-refractivity contribution in [1.82, 2.24) is 0 Å². The van der Waals surface area contributed by atoms with Gasteiger partial charge in [0.1, 0.15) is 11.9 Å². The minimum atomic E-state index is -0.938. The van der Waals surface area contributed by atoms with Crippen molar-refractivity contribution >= 4 is 0 Å². The van der Waals surface area contributed by atoms with Gasteiger partial charge in [0, 0.05) is 12.7 Å². The van der Waals surface area contributed by atoms with Gasteiger partial charge < -0.3 is 9.84 Å². The summed E-state index contributed by atoms with van der Waals surface area (Å²) in [4.78, 5) is 0. The van der Waals surface area contributed by atoms with Gasteiger partial charge in [-0.1, -0.05) is 36.4 Å². The van der Waals surface area contributed by atoms with Crippen molar-refractivity contribution in [2.75, 3.05) is 13.7 Å². The third kappa shape index (κ3) is 3.44. The Morgan fingerprint density at radius 1 is 1.15 bits per heavy atom. The maximum absolute atomic E-state index is 13.9. The van der Waals surface area contributed by atoms with Gasteiger partial charge in [-0.3, -0.25) is 0 Å². The number of aliphatic hydroxyl groups excluding tert-OH is 1. The van der Waals surface area contributed by atoms with E-state index in [4.69, 9.17) is 4.74 Å². The molecule has 3 heteroatoms. The van der Waals surface area contributed by atoms with Crippen LogP contribution in [0.4, 0.5) is 4.39 Å². The van der Waals surface area contributed by atoms with E-state index in [0.717, 1.165) is 17.5 Å². The molecule has 2 aromatic carbocycles. The Hall–Kier alpha value is -1.71. The predicted molar refractivity (Wildman–Crippen MR) is 77.2 cm³/mol. The number of hydrogen-bond donors (Lipinski definition) is 1. The zero-order valence-corrected chi connectivity index (χ0v) is 11.8. The van der Waals surface area contributed by atoms with Crippen molar-refractivity contribution in [3.05, 3.63) is 70.5 Å². The Bertz CT molecular complexity index is 564. The highest BCUT2D eigenvalue weighted by atomic mass is 19.1. The monoisotopic (exact) mass is 274 g/mol. The number of methoxy groups -OCH3 is 1. The van der Waals surface area contributed by atoms with Crippen LogP contribution in [0, 0.1) is 12.7 Å². The summed E-state index contributed by atoms with van der Waals surface area (Å²) >= 11 is 0. The molecule has 1 N–H and O–H groups in total. The third-order valence-electron chi connectivity index (χ3n) is 3.34. The van der Waals surface area contributed by atoms with E-state index in [0.29, 0.717) is 17.7 Å². The molecule has 0 saturated heterocycles. The van der Waals surface area contributed by atoms with Crippen molar-refractivity contribution in [3.8, 4) is 0 Å². The fourth-order valence-electron chi connectivity index (χ4n) is 2.12. The SMILES string of the molecule is COCCc1ccc(C(O)c2ccc(C)cc2F)cc1. The molecule has 0 radical (unpaired) electrons. The number of halogens is 1. The van der Waals surface area contributed by atoms with Gasteiger partial charge in [-0.15, -0.1) is 0 Å². The number of aryl methyl sites for hydroxylation is 1. The molecule has 2 nitrogen and oxygen atoms in total. The zero-order chi connectivity index (χ0) is 14.5. The van der Waals surface area contributed by atoms with Gasteiger partial charge in [0.2, 0.25) is 0 Å². The van der Waals surface area contributed by atoms with Gasteiger partial charge in [0.25, 0.3) is 0 Å². The van der Waals surface area contributed by atoms with E-state index in [1.165, 1.54) is 6.07 Å². The molecule has 0 heterocycles. The predicted octanol–water partition coefficient (Wildman–Crippen LogP) is 3.40. The standard InChI is InChI=1S/C17H19FO2/c1-12-3-8-15(16(18)11-12)17(19)14-6-4-13(5-7-14)9-10-20-2/h3-8,11,17,19H,9-10H2,1-2H3. The molecule has 2 aromatic rings. The van der Waals surface area contributed by atoms with E-state index in [9.17, 15) is 9.50 Å². The van der Waals surface area contributed by atoms with Crippen LogP contribution in [0.15, 0.2) is 42.5 Å². The summed E-state index contributed by atoms with van der Waals surface area (Å²) < 4.78 is 18.9. The minimum absolute atomic E-state index is 0.306. The number of ether oxygens (including phenoxy) is 1. The summed E-state index contributed by atoms with van der Waals surface area (Å²) in [5, 5.41) is 10.3. The smallest absolute Gasteiger partial charge is 0.129 e. The van der Waals surface area contributed by atoms with Crippen LogP contribution < -0.4 is 0 Å². The molecule has 20 heavy (non-hydrogen) atoms. The molecule has 0 spiro atoms. The van der Waals surface area contributed by atoms with Crippen LogP contribution in [-0.2, 0) is 11.2 Å². The lowest BCUT2D eigenvalue weighted by molar-refractivity contribution is 0.202. The molecule has 2 rings (SSSR count). The Kier molecular flexibility index (Phi) is 4.88. The Morgan fingerprint density at radius 3 is 2.45 bits per heavy atom. The van der Waals surface area contributed by atoms with Gasteiger partial charge in [0.15, 0.2) is 0 Å². The van der Waals surface area contributed by atoms with Crippen LogP contribution >= 0.6 is 0 Å². The number of benzene rings is 2. The molecule has 1 atom stereocenters. The van der Waals surface area contributed by atoms with E-state index in [1.54, 1.807) is 19.2 Å². The second-order valence-electron chi connectivity index (χ2n) is 4.91. The summed E-state index contributed by atoms with van der Waals surface area (Å²) in [6, 6.07) is 12.4. The minimum Gasteiger partial charge on any atom is -0.384 e. The van der Waals surface area contributed by atoms with Gasteiger partial charge in [-0.05, 0) is 36.1 Å². The number of aliphatic hydroxyl groups is 1. The van der Waals surface area contributed by atoms with E-state index in [2.05, 4.69) is 0 Å². The van der Waals surface area contributed by atoms with Crippen LogP contribution in [-0.4, -0.2) is 18.8 Å². The van der Waals surface area contributed by atoms with E-state index in [-0.39, 0.29) is 5.82 Å². The average Bonchev–Trinajstić information content (AvgIpc) is 2.45. The Morgan fingerprint density at radius 2 is 1.85 bits per heavy atom. The molecule has 0 fully saturated rings. The first-order valence-electron chi connectivity index (χ1n) is 6.63. The van der Waals surface area contributed by atoms with Gasteiger partial charge in [0.05, 0.1) is 6.61 Å².